The topological polar surface area (TPSA) is 85.6 Å². The summed E-state index contributed by atoms with van der Waals surface area (Å²) in [5.41, 5.74) is 0.738. The highest BCUT2D eigenvalue weighted by Crippen LogP contribution is 2.32. The number of esters is 2. The van der Waals surface area contributed by atoms with E-state index >= 15 is 0 Å². The fourth-order valence-electron chi connectivity index (χ4n) is 3.64. The van der Waals surface area contributed by atoms with Gasteiger partial charge < -0.3 is 14.2 Å². The van der Waals surface area contributed by atoms with E-state index in [0.717, 1.165) is 30.3 Å². The molecule has 0 N–H and O–H groups in total. The van der Waals surface area contributed by atoms with Gasteiger partial charge in [0.2, 0.25) is 0 Å². The fourth-order valence-corrected chi connectivity index (χ4v) is 3.64. The van der Waals surface area contributed by atoms with Crippen molar-refractivity contribution in [1.29, 1.82) is 5.26 Å². The minimum atomic E-state index is -5.11. The highest BCUT2D eigenvalue weighted by Gasteiger charge is 2.32. The number of benzene rings is 4. The number of nitriles is 1. The van der Waals surface area contributed by atoms with Crippen LogP contribution < -0.4 is 14.2 Å². The zero-order valence-electron chi connectivity index (χ0n) is 20.5. The molecule has 208 valence electrons. The number of hydrogen-bond donors (Lipinski definition) is 0. The molecule has 0 atom stereocenters. The molecule has 4 aromatic carbocycles. The first-order valence-corrected chi connectivity index (χ1v) is 11.5. The summed E-state index contributed by atoms with van der Waals surface area (Å²) in [5.74, 6) is -6.92. The molecule has 4 aromatic rings. The van der Waals surface area contributed by atoms with Crippen LogP contribution in [0, 0.1) is 28.8 Å². The van der Waals surface area contributed by atoms with Gasteiger partial charge in [-0.3, -0.25) is 9.59 Å². The lowest BCUT2D eigenvalue weighted by atomic mass is 10.0. The molecular formula is C29H15F6NO5. The van der Waals surface area contributed by atoms with Gasteiger partial charge in [0.05, 0.1) is 11.6 Å². The van der Waals surface area contributed by atoms with Crippen molar-refractivity contribution in [1.82, 2.24) is 0 Å². The largest absolute Gasteiger partial charge is 0.573 e. The summed E-state index contributed by atoms with van der Waals surface area (Å²) in [6.45, 7) is 0. The Morgan fingerprint density at radius 3 is 1.66 bits per heavy atom. The summed E-state index contributed by atoms with van der Waals surface area (Å²) in [5, 5.41) is 8.86. The van der Waals surface area contributed by atoms with E-state index in [4.69, 9.17) is 14.7 Å². The van der Waals surface area contributed by atoms with Gasteiger partial charge in [-0.25, -0.2) is 13.2 Å². The lowest BCUT2D eigenvalue weighted by Gasteiger charge is -2.11. The summed E-state index contributed by atoms with van der Waals surface area (Å²) in [6.07, 6.45) is -6.02. The van der Waals surface area contributed by atoms with E-state index in [0.29, 0.717) is 23.3 Å². The number of rotatable bonds is 7. The number of alkyl halides is 3. The quantitative estimate of drug-likeness (QED) is 0.102. The molecule has 0 heterocycles. The van der Waals surface area contributed by atoms with Crippen molar-refractivity contribution in [2.75, 3.05) is 0 Å². The lowest BCUT2D eigenvalue weighted by molar-refractivity contribution is -0.275. The third-order valence-corrected chi connectivity index (χ3v) is 5.43. The number of nitrogens with zero attached hydrogens (tertiary/aromatic N) is 1. The molecule has 0 spiro atoms. The molecule has 0 bridgehead atoms. The van der Waals surface area contributed by atoms with Crippen molar-refractivity contribution in [3.63, 3.8) is 0 Å². The number of carbonyl (C=O) groups excluding carboxylic acids is 2. The zero-order chi connectivity index (χ0) is 29.7. The van der Waals surface area contributed by atoms with Gasteiger partial charge in [0.15, 0.2) is 11.6 Å². The fraction of sp³-hybridized carbons (Fsp3) is 0.0690. The molecule has 0 unspecified atom stereocenters. The van der Waals surface area contributed by atoms with Gasteiger partial charge in [0, 0.05) is 23.3 Å². The van der Waals surface area contributed by atoms with Crippen LogP contribution >= 0.6 is 0 Å². The second kappa shape index (κ2) is 11.8. The van der Waals surface area contributed by atoms with E-state index in [2.05, 4.69) is 4.74 Å². The molecule has 0 amide bonds. The second-order valence-corrected chi connectivity index (χ2v) is 8.29. The number of halogens is 6. The minimum absolute atomic E-state index is 0.117. The van der Waals surface area contributed by atoms with E-state index in [1.165, 1.54) is 24.3 Å². The maximum atomic E-state index is 14.6. The molecule has 41 heavy (non-hydrogen) atoms. The Morgan fingerprint density at radius 2 is 1.20 bits per heavy atom. The Balaban J connectivity index is 1.36. The molecular weight excluding hydrogens is 556 g/mol. The van der Waals surface area contributed by atoms with Crippen LogP contribution in [0.4, 0.5) is 26.3 Å². The Labute approximate surface area is 227 Å². The number of ether oxygens (including phenoxy) is 3. The van der Waals surface area contributed by atoms with Crippen molar-refractivity contribution in [2.24, 2.45) is 0 Å². The van der Waals surface area contributed by atoms with Crippen LogP contribution in [0.15, 0.2) is 78.9 Å². The Hall–Kier alpha value is -5.31. The van der Waals surface area contributed by atoms with Crippen molar-refractivity contribution in [3.05, 3.63) is 102 Å². The summed E-state index contributed by atoms with van der Waals surface area (Å²) < 4.78 is 93.5. The predicted octanol–water partition coefficient (Wildman–Crippen LogP) is 7.11. The first kappa shape index (κ1) is 28.7. The van der Waals surface area contributed by atoms with Crippen molar-refractivity contribution in [2.45, 2.75) is 12.8 Å². The van der Waals surface area contributed by atoms with E-state index < -0.39 is 47.9 Å². The van der Waals surface area contributed by atoms with Gasteiger partial charge in [-0.1, -0.05) is 18.2 Å². The summed E-state index contributed by atoms with van der Waals surface area (Å²) in [4.78, 5) is 24.3. The maximum Gasteiger partial charge on any atom is 0.573 e. The maximum absolute atomic E-state index is 14.6. The van der Waals surface area contributed by atoms with Gasteiger partial charge in [0.25, 0.3) is 0 Å². The average Bonchev–Trinajstić information content (AvgIpc) is 2.89. The molecule has 0 radical (unpaired) electrons. The molecule has 0 aliphatic rings. The minimum Gasteiger partial charge on any atom is -0.426 e. The van der Waals surface area contributed by atoms with Crippen LogP contribution in [-0.2, 0) is 9.59 Å². The summed E-state index contributed by atoms with van der Waals surface area (Å²) in [7, 11) is 0. The van der Waals surface area contributed by atoms with Gasteiger partial charge in [0.1, 0.15) is 29.6 Å². The zero-order valence-corrected chi connectivity index (χ0v) is 20.5. The van der Waals surface area contributed by atoms with Crippen LogP contribution in [0.3, 0.4) is 0 Å². The van der Waals surface area contributed by atoms with E-state index in [1.807, 2.05) is 6.07 Å². The molecule has 6 nitrogen and oxygen atoms in total. The third kappa shape index (κ3) is 7.42. The van der Waals surface area contributed by atoms with Gasteiger partial charge in [-0.2, -0.15) is 5.26 Å². The van der Waals surface area contributed by atoms with Crippen LogP contribution in [0.25, 0.3) is 22.3 Å². The Bertz CT molecular complexity index is 1660. The Morgan fingerprint density at radius 1 is 0.683 bits per heavy atom. The van der Waals surface area contributed by atoms with Gasteiger partial charge in [-0.15, -0.1) is 13.2 Å². The SMILES string of the molecule is N#Cc1ccc(-c2ccc(OC(=O)CC(=O)Oc3ccc(-c4ccc(OC(F)(F)F)c(F)c4)c(F)c3)cc2F)cc1. The van der Waals surface area contributed by atoms with Crippen LogP contribution in [0.5, 0.6) is 17.2 Å². The molecule has 0 saturated heterocycles. The first-order valence-electron chi connectivity index (χ1n) is 11.5. The van der Waals surface area contributed by atoms with Crippen molar-refractivity contribution >= 4 is 11.9 Å². The second-order valence-electron chi connectivity index (χ2n) is 8.29. The molecule has 0 saturated carbocycles. The van der Waals surface area contributed by atoms with Crippen molar-refractivity contribution in [3.8, 4) is 45.6 Å². The summed E-state index contributed by atoms with van der Waals surface area (Å²) in [6, 6.07) is 17.0. The molecule has 0 aliphatic heterocycles. The molecule has 0 aromatic heterocycles. The first-order chi connectivity index (χ1) is 19.4. The van der Waals surface area contributed by atoms with Crippen LogP contribution in [-0.4, -0.2) is 18.3 Å². The van der Waals surface area contributed by atoms with Crippen LogP contribution in [0.1, 0.15) is 12.0 Å². The number of hydrogen-bond acceptors (Lipinski definition) is 6. The van der Waals surface area contributed by atoms with Crippen molar-refractivity contribution < 1.29 is 50.1 Å². The molecule has 4 rings (SSSR count). The predicted molar refractivity (Wildman–Crippen MR) is 131 cm³/mol. The standard InChI is InChI=1S/C29H15F6NO5/c30-23-12-19(6-8-21(23)17-3-1-16(15-36)2-4-17)39-27(37)14-28(38)40-20-7-9-22(24(31)13-20)18-5-10-26(25(32)11-18)41-29(33,34)35/h1-13H,14H2. The third-order valence-electron chi connectivity index (χ3n) is 5.43. The van der Waals surface area contributed by atoms with Gasteiger partial charge >= 0.3 is 18.3 Å². The summed E-state index contributed by atoms with van der Waals surface area (Å²) >= 11 is 0. The van der Waals surface area contributed by atoms with E-state index in [-0.39, 0.29) is 28.2 Å². The lowest BCUT2D eigenvalue weighted by Crippen LogP contribution is -2.18. The molecule has 0 fully saturated rings. The Kier molecular flexibility index (Phi) is 8.28. The monoisotopic (exact) mass is 571 g/mol. The highest BCUT2D eigenvalue weighted by molar-refractivity contribution is 5.93. The normalized spacial score (nSPS) is 11.0. The van der Waals surface area contributed by atoms with E-state index in [9.17, 15) is 35.9 Å². The number of carbonyl (C=O) groups is 2. The van der Waals surface area contributed by atoms with Crippen LogP contribution in [0.2, 0.25) is 0 Å². The average molecular weight is 571 g/mol. The molecule has 0 aliphatic carbocycles. The highest BCUT2D eigenvalue weighted by atomic mass is 19.4. The smallest absolute Gasteiger partial charge is 0.426 e. The van der Waals surface area contributed by atoms with E-state index in [1.54, 1.807) is 12.1 Å². The van der Waals surface area contributed by atoms with Gasteiger partial charge in [-0.05, 0) is 59.7 Å². The molecule has 12 heteroatoms.